The van der Waals surface area contributed by atoms with Gasteiger partial charge in [-0.2, -0.15) is 0 Å². The quantitative estimate of drug-likeness (QED) is 0.178. The molecule has 2 aromatic carbocycles. The summed E-state index contributed by atoms with van der Waals surface area (Å²) in [6.07, 6.45) is 3.07. The zero-order chi connectivity index (χ0) is 28.0. The predicted molar refractivity (Wildman–Crippen MR) is 147 cm³/mol. The van der Waals surface area contributed by atoms with Crippen LogP contribution in [0.15, 0.2) is 66.9 Å². The topological polar surface area (TPSA) is 200 Å². The lowest BCUT2D eigenvalue weighted by Crippen LogP contribution is -2.42. The van der Waals surface area contributed by atoms with Gasteiger partial charge in [0.1, 0.15) is 18.4 Å². The Bertz CT molecular complexity index is 1150. The molecule has 0 bridgehead atoms. The van der Waals surface area contributed by atoms with Crippen LogP contribution in [-0.4, -0.2) is 35.6 Å². The summed E-state index contributed by atoms with van der Waals surface area (Å²) in [4.78, 5) is 27.0. The van der Waals surface area contributed by atoms with E-state index in [0.29, 0.717) is 30.4 Å². The Balaban J connectivity index is 0.000000767. The number of aromatic nitrogens is 1. The van der Waals surface area contributed by atoms with E-state index in [0.717, 1.165) is 28.7 Å². The van der Waals surface area contributed by atoms with Crippen molar-refractivity contribution in [2.45, 2.75) is 45.3 Å². The number of aryl methyl sites for hydroxylation is 1. The molecule has 0 saturated carbocycles. The number of carbonyl (C=O) groups is 2. The first-order valence-electron chi connectivity index (χ1n) is 11.6. The van der Waals surface area contributed by atoms with Crippen molar-refractivity contribution >= 4 is 24.3 Å². The maximum atomic E-state index is 12.8. The predicted octanol–water partition coefficient (Wildman–Crippen LogP) is 3.60. The highest BCUT2D eigenvalue weighted by Crippen LogP contribution is 2.27. The average Bonchev–Trinajstić information content (AvgIpc) is 3.03. The molecule has 1 aromatic heterocycles. The van der Waals surface area contributed by atoms with Crippen LogP contribution in [0.25, 0.3) is 11.1 Å². The minimum atomic E-state index is -0.522. The van der Waals surface area contributed by atoms with Gasteiger partial charge >= 0.3 is 0 Å². The minimum Gasteiger partial charge on any atom is -0.384 e. The van der Waals surface area contributed by atoms with Gasteiger partial charge in [0.25, 0.3) is 0 Å². The minimum absolute atomic E-state index is 0.0384. The third kappa shape index (κ3) is 8.71. The molecule has 10 heteroatoms. The van der Waals surface area contributed by atoms with E-state index < -0.39 is 6.04 Å². The number of nitrogens with zero attached hydrogens (tertiary/aromatic N) is 2. The van der Waals surface area contributed by atoms with Crippen LogP contribution in [0.2, 0.25) is 0 Å². The van der Waals surface area contributed by atoms with Crippen molar-refractivity contribution in [3.8, 4) is 11.1 Å². The van der Waals surface area contributed by atoms with Gasteiger partial charge in [-0.1, -0.05) is 68.4 Å². The lowest BCUT2D eigenvalue weighted by molar-refractivity contribution is -0.120. The molecule has 0 spiro atoms. The summed E-state index contributed by atoms with van der Waals surface area (Å²) < 4.78 is 0. The van der Waals surface area contributed by atoms with Crippen LogP contribution in [0.1, 0.15) is 37.0 Å². The second kappa shape index (κ2) is 15.7. The summed E-state index contributed by atoms with van der Waals surface area (Å²) >= 11 is 0. The maximum absolute atomic E-state index is 12.8. The molecule has 0 radical (unpaired) electrons. The monoisotopic (exact) mass is 504 g/mol. The lowest BCUT2D eigenvalue weighted by Gasteiger charge is -2.23. The number of benzene rings is 2. The number of hydrogen-bond acceptors (Lipinski definition) is 8. The Kier molecular flexibility index (Phi) is 13.0. The number of anilines is 1. The molecule has 0 aliphatic carbocycles. The second-order valence-corrected chi connectivity index (χ2v) is 8.46. The Hall–Kier alpha value is -4.28. The zero-order valence-corrected chi connectivity index (χ0v) is 21.3. The number of amidine groups is 1. The zero-order valence-electron chi connectivity index (χ0n) is 21.3. The van der Waals surface area contributed by atoms with Gasteiger partial charge < -0.3 is 22.0 Å². The summed E-state index contributed by atoms with van der Waals surface area (Å²) in [5, 5.41) is 7.78. The van der Waals surface area contributed by atoms with Crippen molar-refractivity contribution in [1.82, 2.24) is 4.98 Å². The molecule has 196 valence electrons. The number of nitrogen functional groups attached to an aromatic ring is 1. The van der Waals surface area contributed by atoms with Crippen LogP contribution < -0.4 is 22.1 Å². The van der Waals surface area contributed by atoms with Crippen molar-refractivity contribution in [3.05, 3.63) is 83.6 Å². The van der Waals surface area contributed by atoms with Gasteiger partial charge in [-0.15, -0.1) is 0 Å². The highest BCUT2D eigenvalue weighted by atomic mass is 16.2. The summed E-state index contributed by atoms with van der Waals surface area (Å²) in [5.41, 5.74) is 31.5. The summed E-state index contributed by atoms with van der Waals surface area (Å²) in [6.45, 7) is 6.30. The summed E-state index contributed by atoms with van der Waals surface area (Å²) in [7, 11) is 0. The summed E-state index contributed by atoms with van der Waals surface area (Å²) in [6, 6.07) is 19.2. The van der Waals surface area contributed by atoms with Crippen molar-refractivity contribution in [2.75, 3.05) is 4.90 Å². The number of carbonyl (C=O) groups excluding carboxylic acids is 2. The Morgan fingerprint density at radius 1 is 1.08 bits per heavy atom. The molecule has 1 aliphatic heterocycles. The van der Waals surface area contributed by atoms with Crippen LogP contribution in [0.4, 0.5) is 5.82 Å². The van der Waals surface area contributed by atoms with E-state index >= 15 is 0 Å². The van der Waals surface area contributed by atoms with E-state index in [9.17, 15) is 4.79 Å². The van der Waals surface area contributed by atoms with Crippen LogP contribution in [-0.2, 0) is 22.6 Å². The van der Waals surface area contributed by atoms with Crippen molar-refractivity contribution in [1.29, 1.82) is 16.5 Å². The molecule has 0 fully saturated rings. The standard InChI is InChI=1S/C23H23N5O.C3H9N.CH2O.H2N2/c24-20-12-11-17-4-3-13-27-22(17)28(23(20)29)14-15-7-9-16(10-8-15)18-5-1-2-6-19(18)21(25)26;1-3(2)4;2*1-2/h1-10,13,20H,11-12,14,24H2,(H3,25,26);3H,4H2,1-2H3;1H2;1-2H/t20-;;;/m1.../s1. The van der Waals surface area contributed by atoms with E-state index in [1.165, 1.54) is 0 Å². The number of hydrogen-bond donors (Lipinski definition) is 6. The largest absolute Gasteiger partial charge is 0.384 e. The van der Waals surface area contributed by atoms with Crippen LogP contribution in [0, 0.1) is 16.5 Å². The Labute approximate surface area is 217 Å². The first-order chi connectivity index (χ1) is 17.8. The van der Waals surface area contributed by atoms with E-state index in [2.05, 4.69) is 4.98 Å². The molecule has 1 amide bonds. The van der Waals surface area contributed by atoms with E-state index in [-0.39, 0.29) is 11.7 Å². The van der Waals surface area contributed by atoms with Crippen molar-refractivity contribution in [2.24, 2.45) is 17.2 Å². The molecule has 2 heterocycles. The highest BCUT2D eigenvalue weighted by molar-refractivity contribution is 6.01. The SMILES string of the molecule is C=O.CC(C)N.N=C(N)c1ccccc1-c1ccc(CN2C(=O)[C@H](N)CCc3cccnc32)cc1.N=N. The molecule has 4 rings (SSSR count). The third-order valence-corrected chi connectivity index (χ3v) is 5.25. The fourth-order valence-corrected chi connectivity index (χ4v) is 3.70. The fourth-order valence-electron chi connectivity index (χ4n) is 3.70. The molecule has 0 saturated heterocycles. The van der Waals surface area contributed by atoms with E-state index in [1.807, 2.05) is 81.3 Å². The van der Waals surface area contributed by atoms with Gasteiger partial charge in [-0.25, -0.2) is 16.0 Å². The Morgan fingerprint density at radius 3 is 2.27 bits per heavy atom. The Morgan fingerprint density at radius 2 is 1.68 bits per heavy atom. The normalized spacial score (nSPS) is 13.9. The van der Waals surface area contributed by atoms with Crippen LogP contribution in [0.5, 0.6) is 0 Å². The smallest absolute Gasteiger partial charge is 0.245 e. The number of nitrogens with two attached hydrogens (primary N) is 3. The van der Waals surface area contributed by atoms with Gasteiger partial charge in [0.05, 0.1) is 12.6 Å². The molecule has 3 aromatic rings. The molecular weight excluding hydrogens is 468 g/mol. The fraction of sp³-hybridized carbons (Fsp3) is 0.259. The number of rotatable bonds is 4. The number of pyridine rings is 1. The van der Waals surface area contributed by atoms with Crippen molar-refractivity contribution < 1.29 is 9.59 Å². The average molecular weight is 505 g/mol. The highest BCUT2D eigenvalue weighted by Gasteiger charge is 2.28. The van der Waals surface area contributed by atoms with Gasteiger partial charge in [0.15, 0.2) is 0 Å². The van der Waals surface area contributed by atoms with Crippen LogP contribution >= 0.6 is 0 Å². The molecule has 0 unspecified atom stereocenters. The number of nitrogens with one attached hydrogen (secondary N) is 3. The molecular formula is C27H36N8O2. The number of amides is 1. The first kappa shape index (κ1) is 30.8. The molecule has 1 atom stereocenters. The second-order valence-electron chi connectivity index (χ2n) is 8.46. The van der Waals surface area contributed by atoms with Gasteiger partial charge in [-0.05, 0) is 47.2 Å². The third-order valence-electron chi connectivity index (χ3n) is 5.25. The number of fused-ring (bicyclic) bond motifs is 1. The molecule has 1 aliphatic rings. The lowest BCUT2D eigenvalue weighted by atomic mass is 9.98. The molecule has 37 heavy (non-hydrogen) atoms. The van der Waals surface area contributed by atoms with Crippen LogP contribution in [0.3, 0.4) is 0 Å². The van der Waals surface area contributed by atoms with Crippen molar-refractivity contribution in [3.63, 3.8) is 0 Å². The van der Waals surface area contributed by atoms with E-state index in [4.69, 9.17) is 38.5 Å². The molecule has 9 N–H and O–H groups in total. The summed E-state index contributed by atoms with van der Waals surface area (Å²) in [5.74, 6) is 0.626. The van der Waals surface area contributed by atoms with E-state index in [1.54, 1.807) is 11.1 Å². The van der Waals surface area contributed by atoms with Gasteiger partial charge in [0, 0.05) is 11.8 Å². The van der Waals surface area contributed by atoms with Gasteiger partial charge in [-0.3, -0.25) is 15.1 Å². The maximum Gasteiger partial charge on any atom is 0.245 e. The molecule has 10 nitrogen and oxygen atoms in total. The van der Waals surface area contributed by atoms with Gasteiger partial charge in [0.2, 0.25) is 5.91 Å². The first-order valence-corrected chi connectivity index (χ1v) is 11.6.